The van der Waals surface area contributed by atoms with Crippen LogP contribution < -0.4 is 23.7 Å². The van der Waals surface area contributed by atoms with Crippen molar-refractivity contribution < 1.29 is 50.1 Å². The molecular formula is C57H52F3N7O8S. The van der Waals surface area contributed by atoms with Crippen LogP contribution in [0.15, 0.2) is 163 Å². The molecule has 390 valence electrons. The van der Waals surface area contributed by atoms with Gasteiger partial charge >= 0.3 is 6.18 Å². The molecule has 2 heterocycles. The minimum Gasteiger partial charge on any atom is -0.497 e. The number of para-hydroxylation sites is 1. The predicted octanol–water partition coefficient (Wildman–Crippen LogP) is 10.8. The fourth-order valence-corrected chi connectivity index (χ4v) is 10.6. The molecule has 0 aliphatic carbocycles. The lowest BCUT2D eigenvalue weighted by Crippen LogP contribution is -2.32. The zero-order chi connectivity index (χ0) is 53.6. The number of halogens is 3. The molecule has 0 fully saturated rings. The lowest BCUT2D eigenvalue weighted by molar-refractivity contribution is -0.139. The summed E-state index contributed by atoms with van der Waals surface area (Å²) in [6.45, 7) is -0.280. The SMILES string of the molecule is COc1ccc(CN(Cc2ccc(OC)cc2)C(=O)c2cc3cccc(-c4ccc(C(F)(F)F)c(S(=O)(=O)N(Cc5ccc(OC)cc5)Cc5ccc(OC)cc5)c4-c4nnn(Cc5ccc(OC)cc5)n4)c3[nH]2)cc1. The van der Waals surface area contributed by atoms with Crippen LogP contribution in [-0.2, 0) is 48.9 Å². The van der Waals surface area contributed by atoms with Crippen molar-refractivity contribution in [2.75, 3.05) is 35.5 Å². The molecular weight excluding hydrogens is 1000 g/mol. The topological polar surface area (TPSA) is 163 Å². The molecule has 0 aliphatic rings. The quantitative estimate of drug-likeness (QED) is 0.0773. The van der Waals surface area contributed by atoms with E-state index in [2.05, 4.69) is 20.4 Å². The summed E-state index contributed by atoms with van der Waals surface area (Å²) in [6, 6.07) is 43.5. The number of sulfonamides is 1. The third-order valence-electron chi connectivity index (χ3n) is 12.8. The van der Waals surface area contributed by atoms with Gasteiger partial charge < -0.3 is 33.6 Å². The Kier molecular flexibility index (Phi) is 15.4. The number of rotatable bonds is 20. The van der Waals surface area contributed by atoms with Crippen LogP contribution >= 0.6 is 0 Å². The number of aromatic amines is 1. The Bertz CT molecular complexity index is 3470. The molecule has 0 unspecified atom stereocenters. The van der Waals surface area contributed by atoms with Crippen LogP contribution in [0.2, 0.25) is 0 Å². The highest BCUT2D eigenvalue weighted by Gasteiger charge is 2.43. The summed E-state index contributed by atoms with van der Waals surface area (Å²) in [5, 5.41) is 13.7. The number of H-pyrrole nitrogens is 1. The lowest BCUT2D eigenvalue weighted by atomic mass is 9.95. The number of nitrogens with zero attached hydrogens (tertiary/aromatic N) is 6. The number of ether oxygens (including phenoxy) is 5. The van der Waals surface area contributed by atoms with Crippen molar-refractivity contribution in [2.24, 2.45) is 0 Å². The van der Waals surface area contributed by atoms with Gasteiger partial charge in [0.15, 0.2) is 0 Å². The standard InChI is InChI=1S/C57H52F3N7O8S/c1-71-43-19-9-37(10-20-43)32-65(33-38-11-21-44(72-2)22-12-38)56(68)51-31-42-7-6-8-49(53(42)61-51)48-29-30-50(57(58,59)60)54(52(48)55-62-64-67(63-55)36-41-17-27-47(75-5)28-18-41)76(69,70)66(34-39-13-23-45(73-3)24-14-39)35-40-15-25-46(74-4)26-16-40/h6-31,61H,32-36H2,1-5H3. The van der Waals surface area contributed by atoms with Crippen LogP contribution in [0.3, 0.4) is 0 Å². The maximum atomic E-state index is 15.8. The summed E-state index contributed by atoms with van der Waals surface area (Å²) in [5.74, 6) is 2.10. The minimum atomic E-state index is -5.22. The van der Waals surface area contributed by atoms with Gasteiger partial charge in [-0.2, -0.15) is 22.3 Å². The number of amides is 1. The third kappa shape index (κ3) is 11.5. The first-order chi connectivity index (χ1) is 36.7. The number of aromatic nitrogens is 5. The normalized spacial score (nSPS) is 11.7. The first-order valence-electron chi connectivity index (χ1n) is 23.8. The van der Waals surface area contributed by atoms with Gasteiger partial charge in [0.25, 0.3) is 5.91 Å². The second kappa shape index (κ2) is 22.4. The van der Waals surface area contributed by atoms with Crippen molar-refractivity contribution in [1.29, 1.82) is 0 Å². The van der Waals surface area contributed by atoms with E-state index in [4.69, 9.17) is 23.7 Å². The van der Waals surface area contributed by atoms with Gasteiger partial charge in [-0.1, -0.05) is 84.9 Å². The van der Waals surface area contributed by atoms with Gasteiger partial charge in [0.2, 0.25) is 15.8 Å². The average molecular weight is 1050 g/mol. The van der Waals surface area contributed by atoms with Crippen molar-refractivity contribution in [2.45, 2.75) is 43.8 Å². The Morgan fingerprint density at radius 2 is 1.03 bits per heavy atom. The molecule has 0 aliphatic heterocycles. The maximum absolute atomic E-state index is 15.8. The first-order valence-corrected chi connectivity index (χ1v) is 25.2. The summed E-state index contributed by atoms with van der Waals surface area (Å²) < 4.78 is 107. The zero-order valence-electron chi connectivity index (χ0n) is 42.0. The molecule has 0 saturated carbocycles. The van der Waals surface area contributed by atoms with Crippen LogP contribution in [0.25, 0.3) is 33.4 Å². The van der Waals surface area contributed by atoms with E-state index in [1.165, 1.54) is 32.2 Å². The summed E-state index contributed by atoms with van der Waals surface area (Å²) in [4.78, 5) is 19.9. The van der Waals surface area contributed by atoms with Crippen LogP contribution in [0.4, 0.5) is 13.2 Å². The molecule has 7 aromatic carbocycles. The highest BCUT2D eigenvalue weighted by molar-refractivity contribution is 7.89. The molecule has 0 radical (unpaired) electrons. The number of carbonyl (C=O) groups is 1. The van der Waals surface area contributed by atoms with Gasteiger partial charge in [-0.3, -0.25) is 4.79 Å². The molecule has 19 heteroatoms. The Morgan fingerprint density at radius 1 is 0.579 bits per heavy atom. The molecule has 0 spiro atoms. The van der Waals surface area contributed by atoms with Gasteiger partial charge in [-0.05, 0) is 111 Å². The third-order valence-corrected chi connectivity index (χ3v) is 14.7. The largest absolute Gasteiger partial charge is 0.497 e. The van der Waals surface area contributed by atoms with E-state index >= 15 is 21.6 Å². The van der Waals surface area contributed by atoms with Crippen molar-refractivity contribution in [3.05, 3.63) is 197 Å². The van der Waals surface area contributed by atoms with Crippen molar-refractivity contribution in [1.82, 2.24) is 34.4 Å². The number of methoxy groups -OCH3 is 5. The number of benzene rings is 7. The second-order valence-electron chi connectivity index (χ2n) is 17.6. The smallest absolute Gasteiger partial charge is 0.417 e. The van der Waals surface area contributed by atoms with Crippen molar-refractivity contribution in [3.8, 4) is 51.3 Å². The molecule has 1 N–H and O–H groups in total. The number of fused-ring (bicyclic) bond motifs is 1. The average Bonchev–Trinajstić information content (AvgIpc) is 4.11. The predicted molar refractivity (Wildman–Crippen MR) is 280 cm³/mol. The maximum Gasteiger partial charge on any atom is 0.417 e. The van der Waals surface area contributed by atoms with Gasteiger partial charge in [0.05, 0.1) is 58.7 Å². The zero-order valence-corrected chi connectivity index (χ0v) is 42.9. The fraction of sp³-hybridized carbons (Fsp3) is 0.193. The molecule has 2 aromatic heterocycles. The van der Waals surface area contributed by atoms with Crippen LogP contribution in [0.1, 0.15) is 43.9 Å². The number of nitrogens with one attached hydrogen (secondary N) is 1. The van der Waals surface area contributed by atoms with Gasteiger partial charge in [0.1, 0.15) is 39.3 Å². The summed E-state index contributed by atoms with van der Waals surface area (Å²) in [7, 11) is 2.42. The summed E-state index contributed by atoms with van der Waals surface area (Å²) in [5.41, 5.74) is 2.15. The first kappa shape index (κ1) is 52.2. The number of alkyl halides is 3. The van der Waals surface area contributed by atoms with E-state index in [1.54, 1.807) is 140 Å². The molecule has 0 atom stereocenters. The summed E-state index contributed by atoms with van der Waals surface area (Å²) in [6.07, 6.45) is -5.21. The number of carbonyl (C=O) groups excluding carboxylic acids is 1. The monoisotopic (exact) mass is 1050 g/mol. The van der Waals surface area contributed by atoms with E-state index < -0.39 is 38.0 Å². The fourth-order valence-electron chi connectivity index (χ4n) is 8.82. The molecule has 9 rings (SSSR count). The van der Waals surface area contributed by atoms with Crippen LogP contribution in [0, 0.1) is 0 Å². The highest BCUT2D eigenvalue weighted by atomic mass is 32.2. The lowest BCUT2D eigenvalue weighted by Gasteiger charge is -2.27. The van der Waals surface area contributed by atoms with Crippen LogP contribution in [-0.4, -0.2) is 84.3 Å². The van der Waals surface area contributed by atoms with E-state index in [1.807, 2.05) is 24.3 Å². The molecule has 15 nitrogen and oxygen atoms in total. The number of hydrogen-bond acceptors (Lipinski definition) is 11. The van der Waals surface area contributed by atoms with Crippen LogP contribution in [0.5, 0.6) is 28.7 Å². The van der Waals surface area contributed by atoms with Gasteiger partial charge in [-0.25, -0.2) is 8.42 Å². The van der Waals surface area contributed by atoms with Gasteiger partial charge in [-0.15, -0.1) is 10.2 Å². The Hall–Kier alpha value is -8.68. The van der Waals surface area contributed by atoms with Crippen molar-refractivity contribution in [3.63, 3.8) is 0 Å². The van der Waals surface area contributed by atoms with E-state index in [9.17, 15) is 4.79 Å². The number of tetrazole rings is 1. The van der Waals surface area contributed by atoms with Crippen molar-refractivity contribution >= 4 is 26.8 Å². The molecule has 9 aromatic rings. The molecule has 0 bridgehead atoms. The van der Waals surface area contributed by atoms with E-state index in [-0.39, 0.29) is 55.5 Å². The minimum absolute atomic E-state index is 0.0178. The van der Waals surface area contributed by atoms with Gasteiger partial charge in [0, 0.05) is 37.1 Å². The highest BCUT2D eigenvalue weighted by Crippen LogP contribution is 2.46. The molecule has 1 amide bonds. The summed E-state index contributed by atoms with van der Waals surface area (Å²) >= 11 is 0. The molecule has 76 heavy (non-hydrogen) atoms. The Balaban J connectivity index is 1.22. The van der Waals surface area contributed by atoms with E-state index in [0.29, 0.717) is 56.3 Å². The van der Waals surface area contributed by atoms with E-state index in [0.717, 1.165) is 21.5 Å². The number of hydrogen-bond donors (Lipinski definition) is 1. The Labute approximate surface area is 437 Å². The second-order valence-corrected chi connectivity index (χ2v) is 19.5. The Morgan fingerprint density at radius 3 is 1.47 bits per heavy atom. The molecule has 0 saturated heterocycles.